The minimum atomic E-state index is 0.00336. The molecule has 0 fully saturated rings. The maximum Gasteiger partial charge on any atom is 0.134 e. The number of aryl methyl sites for hydroxylation is 1. The van der Waals surface area contributed by atoms with Crippen molar-refractivity contribution in [3.8, 4) is 5.75 Å². The molecule has 1 N–H and O–H groups in total. The van der Waals surface area contributed by atoms with E-state index in [0.717, 1.165) is 29.4 Å². The monoisotopic (exact) mass is 285 g/mol. The Morgan fingerprint density at radius 3 is 2.58 bits per heavy atom. The molecule has 0 saturated carbocycles. The van der Waals surface area contributed by atoms with Crippen LogP contribution in [0.3, 0.4) is 0 Å². The van der Waals surface area contributed by atoms with Crippen molar-refractivity contribution in [3.63, 3.8) is 0 Å². The highest BCUT2D eigenvalue weighted by Crippen LogP contribution is 2.22. The Labute approximate surface area is 121 Å². The third-order valence-corrected chi connectivity index (χ3v) is 2.94. The molecule has 0 heterocycles. The highest BCUT2D eigenvalue weighted by Gasteiger charge is 2.12. The van der Waals surface area contributed by atoms with Gasteiger partial charge in [0, 0.05) is 18.7 Å². The van der Waals surface area contributed by atoms with Crippen molar-refractivity contribution in [1.29, 1.82) is 0 Å². The summed E-state index contributed by atoms with van der Waals surface area (Å²) < 4.78 is 11.2. The molecule has 1 unspecified atom stereocenters. The van der Waals surface area contributed by atoms with Gasteiger partial charge in [0.05, 0.1) is 6.61 Å². The zero-order valence-electron chi connectivity index (χ0n) is 12.2. The summed E-state index contributed by atoms with van der Waals surface area (Å²) in [5.74, 6) is 1.48. The fraction of sp³-hybridized carbons (Fsp3) is 0.600. The summed E-state index contributed by atoms with van der Waals surface area (Å²) in [7, 11) is 1.69. The summed E-state index contributed by atoms with van der Waals surface area (Å²) in [4.78, 5) is 0. The lowest BCUT2D eigenvalue weighted by Crippen LogP contribution is -2.36. The van der Waals surface area contributed by atoms with Crippen molar-refractivity contribution < 1.29 is 9.47 Å². The van der Waals surface area contributed by atoms with Gasteiger partial charge in [0.25, 0.3) is 0 Å². The molecule has 3 nitrogen and oxygen atoms in total. The van der Waals surface area contributed by atoms with E-state index in [9.17, 15) is 0 Å². The van der Waals surface area contributed by atoms with Crippen LogP contribution in [0, 0.1) is 12.8 Å². The Balaban J connectivity index is 2.56. The Bertz CT molecular complexity index is 382. The third kappa shape index (κ3) is 6.28. The van der Waals surface area contributed by atoms with Crippen molar-refractivity contribution in [3.05, 3.63) is 28.8 Å². The van der Waals surface area contributed by atoms with Gasteiger partial charge in [0.1, 0.15) is 11.9 Å². The second kappa shape index (κ2) is 8.41. The number of benzene rings is 1. The van der Waals surface area contributed by atoms with Crippen molar-refractivity contribution in [1.82, 2.24) is 5.32 Å². The molecule has 0 aromatic heterocycles. The van der Waals surface area contributed by atoms with Crippen LogP contribution in [0.4, 0.5) is 0 Å². The van der Waals surface area contributed by atoms with E-state index in [4.69, 9.17) is 21.1 Å². The zero-order valence-corrected chi connectivity index (χ0v) is 13.0. The number of rotatable bonds is 8. The molecule has 0 spiro atoms. The van der Waals surface area contributed by atoms with Gasteiger partial charge in [-0.3, -0.25) is 0 Å². The summed E-state index contributed by atoms with van der Waals surface area (Å²) in [6.45, 7) is 8.67. The molecule has 0 aliphatic heterocycles. The maximum absolute atomic E-state index is 5.98. The van der Waals surface area contributed by atoms with E-state index >= 15 is 0 Å². The molecule has 1 atom stereocenters. The van der Waals surface area contributed by atoms with Crippen LogP contribution in [-0.2, 0) is 4.74 Å². The first-order valence-electron chi connectivity index (χ1n) is 6.65. The van der Waals surface area contributed by atoms with E-state index < -0.39 is 0 Å². The lowest BCUT2D eigenvalue weighted by Gasteiger charge is -2.21. The second-order valence-corrected chi connectivity index (χ2v) is 5.59. The fourth-order valence-corrected chi connectivity index (χ4v) is 2.00. The smallest absolute Gasteiger partial charge is 0.134 e. The van der Waals surface area contributed by atoms with Gasteiger partial charge in [-0.25, -0.2) is 0 Å². The summed E-state index contributed by atoms with van der Waals surface area (Å²) in [6, 6.07) is 5.65. The largest absolute Gasteiger partial charge is 0.486 e. The first-order valence-corrected chi connectivity index (χ1v) is 7.03. The molecule has 0 radical (unpaired) electrons. The average Bonchev–Trinajstić information content (AvgIpc) is 2.32. The van der Waals surface area contributed by atoms with E-state index in [1.54, 1.807) is 7.11 Å². The van der Waals surface area contributed by atoms with Crippen LogP contribution in [0.2, 0.25) is 5.02 Å². The zero-order chi connectivity index (χ0) is 14.3. The van der Waals surface area contributed by atoms with Gasteiger partial charge in [-0.1, -0.05) is 25.4 Å². The number of hydrogen-bond donors (Lipinski definition) is 1. The highest BCUT2D eigenvalue weighted by atomic mass is 35.5. The van der Waals surface area contributed by atoms with E-state index in [1.165, 1.54) is 0 Å². The SMILES string of the molecule is COCC(CNCC(C)C)Oc1ccc(Cl)cc1C. The maximum atomic E-state index is 5.98. The van der Waals surface area contributed by atoms with E-state index in [-0.39, 0.29) is 6.10 Å². The number of hydrogen-bond acceptors (Lipinski definition) is 3. The topological polar surface area (TPSA) is 30.5 Å². The van der Waals surface area contributed by atoms with Crippen molar-refractivity contribution >= 4 is 11.6 Å². The molecular weight excluding hydrogens is 262 g/mol. The summed E-state index contributed by atoms with van der Waals surface area (Å²) >= 11 is 5.94. The molecule has 1 aromatic rings. The predicted octanol–water partition coefficient (Wildman–Crippen LogP) is 3.29. The molecule has 4 heteroatoms. The van der Waals surface area contributed by atoms with Crippen molar-refractivity contribution in [2.45, 2.75) is 26.9 Å². The first-order chi connectivity index (χ1) is 9.02. The minimum Gasteiger partial charge on any atom is -0.486 e. The van der Waals surface area contributed by atoms with Gasteiger partial charge in [-0.2, -0.15) is 0 Å². The second-order valence-electron chi connectivity index (χ2n) is 5.16. The Hall–Kier alpha value is -0.770. The lowest BCUT2D eigenvalue weighted by molar-refractivity contribution is 0.0798. The summed E-state index contributed by atoms with van der Waals surface area (Å²) in [5, 5.41) is 4.12. The molecular formula is C15H24ClNO2. The first kappa shape index (κ1) is 16.3. The molecule has 1 aromatic carbocycles. The van der Waals surface area contributed by atoms with Crippen LogP contribution < -0.4 is 10.1 Å². The lowest BCUT2D eigenvalue weighted by atomic mass is 10.2. The number of halogens is 1. The summed E-state index contributed by atoms with van der Waals surface area (Å²) in [6.07, 6.45) is 0.00336. The third-order valence-electron chi connectivity index (χ3n) is 2.71. The Morgan fingerprint density at radius 1 is 1.26 bits per heavy atom. The van der Waals surface area contributed by atoms with Crippen molar-refractivity contribution in [2.75, 3.05) is 26.8 Å². The van der Waals surface area contributed by atoms with Gasteiger partial charge in [0.2, 0.25) is 0 Å². The number of nitrogens with one attached hydrogen (secondary N) is 1. The van der Waals surface area contributed by atoms with Gasteiger partial charge < -0.3 is 14.8 Å². The van der Waals surface area contributed by atoms with Crippen LogP contribution in [0.25, 0.3) is 0 Å². The van der Waals surface area contributed by atoms with Crippen LogP contribution >= 0.6 is 11.6 Å². The van der Waals surface area contributed by atoms with Crippen LogP contribution in [0.5, 0.6) is 5.75 Å². The van der Waals surface area contributed by atoms with Gasteiger partial charge in [-0.05, 0) is 43.1 Å². The van der Waals surface area contributed by atoms with E-state index in [1.807, 2.05) is 25.1 Å². The average molecular weight is 286 g/mol. The van der Waals surface area contributed by atoms with Gasteiger partial charge in [0.15, 0.2) is 0 Å². The number of ether oxygens (including phenoxy) is 2. The van der Waals surface area contributed by atoms with Crippen LogP contribution in [0.1, 0.15) is 19.4 Å². The molecule has 0 amide bonds. The summed E-state index contributed by atoms with van der Waals surface area (Å²) in [5.41, 5.74) is 1.04. The Kier molecular flexibility index (Phi) is 7.21. The van der Waals surface area contributed by atoms with Gasteiger partial charge >= 0.3 is 0 Å². The molecule has 0 bridgehead atoms. The van der Waals surface area contributed by atoms with Crippen LogP contribution in [-0.4, -0.2) is 32.9 Å². The molecule has 108 valence electrons. The van der Waals surface area contributed by atoms with E-state index in [0.29, 0.717) is 12.5 Å². The minimum absolute atomic E-state index is 0.00336. The fourth-order valence-electron chi connectivity index (χ4n) is 1.78. The molecule has 19 heavy (non-hydrogen) atoms. The normalized spacial score (nSPS) is 12.7. The van der Waals surface area contributed by atoms with Crippen molar-refractivity contribution in [2.24, 2.45) is 5.92 Å². The quantitative estimate of drug-likeness (QED) is 0.795. The van der Waals surface area contributed by atoms with Crippen LogP contribution in [0.15, 0.2) is 18.2 Å². The molecule has 0 aliphatic carbocycles. The molecule has 0 aliphatic rings. The Morgan fingerprint density at radius 2 is 2.00 bits per heavy atom. The molecule has 1 rings (SSSR count). The predicted molar refractivity (Wildman–Crippen MR) is 80.2 cm³/mol. The number of methoxy groups -OCH3 is 1. The standard InChI is InChI=1S/C15H24ClNO2/c1-11(2)8-17-9-14(10-18-4)19-15-6-5-13(16)7-12(15)3/h5-7,11,14,17H,8-10H2,1-4H3. The van der Waals surface area contributed by atoms with Gasteiger partial charge in [-0.15, -0.1) is 0 Å². The van der Waals surface area contributed by atoms with E-state index in [2.05, 4.69) is 19.2 Å². The highest BCUT2D eigenvalue weighted by molar-refractivity contribution is 6.30. The molecule has 0 saturated heterocycles.